The van der Waals surface area contributed by atoms with Crippen LogP contribution in [0.15, 0.2) is 60.0 Å². The van der Waals surface area contributed by atoms with Gasteiger partial charge in [-0.2, -0.15) is 0 Å². The lowest BCUT2D eigenvalue weighted by Crippen LogP contribution is -2.30. The van der Waals surface area contributed by atoms with Crippen molar-refractivity contribution in [2.24, 2.45) is 0 Å². The van der Waals surface area contributed by atoms with Gasteiger partial charge in [0.15, 0.2) is 0 Å². The third-order valence-corrected chi connectivity index (χ3v) is 5.35. The molecular formula is C22H22N2O3S. The number of pyridine rings is 1. The van der Waals surface area contributed by atoms with Gasteiger partial charge >= 0.3 is 5.97 Å². The molecule has 0 saturated carbocycles. The van der Waals surface area contributed by atoms with Gasteiger partial charge in [0.05, 0.1) is 13.2 Å². The van der Waals surface area contributed by atoms with Crippen LogP contribution >= 0.6 is 11.3 Å². The summed E-state index contributed by atoms with van der Waals surface area (Å²) in [6, 6.07) is 16.6. The quantitative estimate of drug-likeness (QED) is 0.622. The second-order valence-electron chi connectivity index (χ2n) is 6.64. The number of aromatic nitrogens is 1. The monoisotopic (exact) mass is 394 g/mol. The number of carbonyl (C=O) groups excluding carboxylic acids is 2. The van der Waals surface area contributed by atoms with Crippen LogP contribution in [0, 0.1) is 0 Å². The molecule has 1 amide bonds. The summed E-state index contributed by atoms with van der Waals surface area (Å²) in [6.45, 7) is 4.29. The van der Waals surface area contributed by atoms with E-state index in [9.17, 15) is 9.59 Å². The standard InChI is InChI=1S/C22H22N2O3S/c1-14(2)15-9-11-16(12-10-15)20(19-8-5-13-28-19)24-21(25)17-6-4-7-18(23-17)22(26)27-3/h4-14,20H,1-3H3,(H,24,25). The van der Waals surface area contributed by atoms with Gasteiger partial charge in [-0.25, -0.2) is 9.78 Å². The summed E-state index contributed by atoms with van der Waals surface area (Å²) in [5, 5.41) is 5.02. The van der Waals surface area contributed by atoms with Crippen LogP contribution in [0.2, 0.25) is 0 Å². The van der Waals surface area contributed by atoms with Crippen molar-refractivity contribution >= 4 is 23.2 Å². The molecule has 1 aromatic carbocycles. The Bertz CT molecular complexity index is 950. The van der Waals surface area contributed by atoms with Crippen LogP contribution in [0.25, 0.3) is 0 Å². The van der Waals surface area contributed by atoms with Crippen LogP contribution in [0.3, 0.4) is 0 Å². The number of ether oxygens (including phenoxy) is 1. The topological polar surface area (TPSA) is 68.3 Å². The van der Waals surface area contributed by atoms with Gasteiger partial charge in [-0.05, 0) is 40.6 Å². The highest BCUT2D eigenvalue weighted by atomic mass is 32.1. The van der Waals surface area contributed by atoms with Crippen molar-refractivity contribution in [1.82, 2.24) is 10.3 Å². The van der Waals surface area contributed by atoms with Crippen LogP contribution in [-0.2, 0) is 4.74 Å². The number of nitrogens with zero attached hydrogens (tertiary/aromatic N) is 1. The lowest BCUT2D eigenvalue weighted by molar-refractivity contribution is 0.0594. The Morgan fingerprint density at radius 1 is 0.964 bits per heavy atom. The molecular weight excluding hydrogens is 372 g/mol. The zero-order valence-electron chi connectivity index (χ0n) is 16.0. The molecule has 144 valence electrons. The minimum atomic E-state index is -0.575. The smallest absolute Gasteiger partial charge is 0.356 e. The first-order chi connectivity index (χ1) is 13.5. The number of methoxy groups -OCH3 is 1. The third-order valence-electron chi connectivity index (χ3n) is 4.42. The summed E-state index contributed by atoms with van der Waals surface area (Å²) in [4.78, 5) is 29.7. The largest absolute Gasteiger partial charge is 0.464 e. The number of hydrogen-bond acceptors (Lipinski definition) is 5. The van der Waals surface area contributed by atoms with Gasteiger partial charge in [-0.15, -0.1) is 11.3 Å². The SMILES string of the molecule is COC(=O)c1cccc(C(=O)NC(c2ccc(C(C)C)cc2)c2cccs2)n1. The van der Waals surface area contributed by atoms with E-state index in [1.54, 1.807) is 23.5 Å². The highest BCUT2D eigenvalue weighted by molar-refractivity contribution is 7.10. The highest BCUT2D eigenvalue weighted by Gasteiger charge is 2.20. The van der Waals surface area contributed by atoms with Gasteiger partial charge in [0, 0.05) is 4.88 Å². The number of thiophene rings is 1. The summed E-state index contributed by atoms with van der Waals surface area (Å²) in [7, 11) is 1.28. The molecule has 0 fully saturated rings. The second-order valence-corrected chi connectivity index (χ2v) is 7.62. The van der Waals surface area contributed by atoms with E-state index in [1.807, 2.05) is 29.6 Å². The summed E-state index contributed by atoms with van der Waals surface area (Å²) < 4.78 is 4.68. The van der Waals surface area contributed by atoms with Crippen molar-refractivity contribution < 1.29 is 14.3 Å². The molecule has 0 aliphatic carbocycles. The fourth-order valence-electron chi connectivity index (χ4n) is 2.83. The first kappa shape index (κ1) is 19.8. The Morgan fingerprint density at radius 2 is 1.64 bits per heavy atom. The summed E-state index contributed by atoms with van der Waals surface area (Å²) >= 11 is 1.58. The van der Waals surface area contributed by atoms with Gasteiger partial charge in [0.25, 0.3) is 5.91 Å². The molecule has 28 heavy (non-hydrogen) atoms. The molecule has 3 rings (SSSR count). The Hall–Kier alpha value is -2.99. The van der Waals surface area contributed by atoms with E-state index in [-0.39, 0.29) is 23.3 Å². The number of amides is 1. The molecule has 6 heteroatoms. The van der Waals surface area contributed by atoms with E-state index in [0.717, 1.165) is 10.4 Å². The predicted molar refractivity (Wildman–Crippen MR) is 110 cm³/mol. The molecule has 2 heterocycles. The predicted octanol–water partition coefficient (Wildman–Crippen LogP) is 4.57. The lowest BCUT2D eigenvalue weighted by atomic mass is 9.98. The lowest BCUT2D eigenvalue weighted by Gasteiger charge is -2.19. The normalized spacial score (nSPS) is 11.9. The van der Waals surface area contributed by atoms with Crippen LogP contribution < -0.4 is 5.32 Å². The molecule has 0 saturated heterocycles. The molecule has 2 aromatic heterocycles. The Kier molecular flexibility index (Phi) is 6.21. The van der Waals surface area contributed by atoms with Gasteiger partial charge < -0.3 is 10.1 Å². The maximum absolute atomic E-state index is 12.8. The van der Waals surface area contributed by atoms with E-state index in [4.69, 9.17) is 0 Å². The molecule has 1 unspecified atom stereocenters. The zero-order valence-corrected chi connectivity index (χ0v) is 16.8. The number of benzene rings is 1. The summed E-state index contributed by atoms with van der Waals surface area (Å²) in [5.74, 6) is -0.486. The van der Waals surface area contributed by atoms with Crippen molar-refractivity contribution in [3.05, 3.63) is 87.4 Å². The second kappa shape index (κ2) is 8.80. The van der Waals surface area contributed by atoms with E-state index < -0.39 is 5.97 Å². The molecule has 3 aromatic rings. The van der Waals surface area contributed by atoms with E-state index in [1.165, 1.54) is 18.7 Å². The molecule has 0 aliphatic heterocycles. The van der Waals surface area contributed by atoms with E-state index in [0.29, 0.717) is 5.92 Å². The van der Waals surface area contributed by atoms with E-state index in [2.05, 4.69) is 41.0 Å². The Labute approximate surface area is 168 Å². The molecule has 0 spiro atoms. The number of carbonyl (C=O) groups is 2. The van der Waals surface area contributed by atoms with Crippen molar-refractivity contribution in [1.29, 1.82) is 0 Å². The maximum atomic E-state index is 12.8. The first-order valence-electron chi connectivity index (χ1n) is 8.99. The molecule has 0 aliphatic rings. The Balaban J connectivity index is 1.88. The molecule has 1 N–H and O–H groups in total. The summed E-state index contributed by atoms with van der Waals surface area (Å²) in [6.07, 6.45) is 0. The average Bonchev–Trinajstić information content (AvgIpc) is 3.26. The van der Waals surface area contributed by atoms with Crippen molar-refractivity contribution in [2.75, 3.05) is 7.11 Å². The van der Waals surface area contributed by atoms with Gasteiger partial charge in [-0.3, -0.25) is 4.79 Å². The van der Waals surface area contributed by atoms with Gasteiger partial charge in [0.2, 0.25) is 0 Å². The van der Waals surface area contributed by atoms with Crippen LogP contribution in [0.1, 0.15) is 62.8 Å². The fraction of sp³-hybridized carbons (Fsp3) is 0.227. The van der Waals surface area contributed by atoms with Crippen molar-refractivity contribution in [3.8, 4) is 0 Å². The number of rotatable bonds is 6. The molecule has 0 bridgehead atoms. The number of esters is 1. The molecule has 5 nitrogen and oxygen atoms in total. The van der Waals surface area contributed by atoms with Crippen LogP contribution in [0.5, 0.6) is 0 Å². The van der Waals surface area contributed by atoms with Crippen LogP contribution in [0.4, 0.5) is 0 Å². The minimum Gasteiger partial charge on any atom is -0.464 e. The maximum Gasteiger partial charge on any atom is 0.356 e. The minimum absolute atomic E-state index is 0.101. The van der Waals surface area contributed by atoms with Gasteiger partial charge in [0.1, 0.15) is 11.4 Å². The number of hydrogen-bond donors (Lipinski definition) is 1. The van der Waals surface area contributed by atoms with Crippen molar-refractivity contribution in [2.45, 2.75) is 25.8 Å². The summed E-state index contributed by atoms with van der Waals surface area (Å²) in [5.41, 5.74) is 2.50. The van der Waals surface area contributed by atoms with Crippen LogP contribution in [-0.4, -0.2) is 24.0 Å². The first-order valence-corrected chi connectivity index (χ1v) is 9.87. The van der Waals surface area contributed by atoms with Gasteiger partial charge in [-0.1, -0.05) is 50.2 Å². The van der Waals surface area contributed by atoms with Crippen molar-refractivity contribution in [3.63, 3.8) is 0 Å². The molecule has 0 radical (unpaired) electrons. The fourth-order valence-corrected chi connectivity index (χ4v) is 3.63. The highest BCUT2D eigenvalue weighted by Crippen LogP contribution is 2.27. The third kappa shape index (κ3) is 4.46. The zero-order chi connectivity index (χ0) is 20.1. The molecule has 1 atom stereocenters. The Morgan fingerprint density at radius 3 is 2.25 bits per heavy atom. The average molecular weight is 394 g/mol. The van der Waals surface area contributed by atoms with E-state index >= 15 is 0 Å². The number of nitrogens with one attached hydrogen (secondary N) is 1.